The highest BCUT2D eigenvalue weighted by Gasteiger charge is 2.43. The van der Waals surface area contributed by atoms with E-state index in [2.05, 4.69) is 0 Å². The van der Waals surface area contributed by atoms with Gasteiger partial charge in [-0.15, -0.1) is 0 Å². The van der Waals surface area contributed by atoms with Crippen molar-refractivity contribution < 1.29 is 28.5 Å². The van der Waals surface area contributed by atoms with E-state index in [-0.39, 0.29) is 20.0 Å². The fourth-order valence-corrected chi connectivity index (χ4v) is 2.36. The molecule has 0 aromatic heterocycles. The number of rotatable bonds is 7. The highest BCUT2D eigenvalue weighted by atomic mass is 16.7. The van der Waals surface area contributed by atoms with Crippen molar-refractivity contribution in [1.82, 2.24) is 0 Å². The lowest BCUT2D eigenvalue weighted by Crippen LogP contribution is -2.40. The van der Waals surface area contributed by atoms with Crippen LogP contribution in [0.2, 0.25) is 0 Å². The molecule has 1 aliphatic rings. The van der Waals surface area contributed by atoms with Crippen LogP contribution in [0.1, 0.15) is 32.8 Å². The third kappa shape index (κ3) is 3.75. The van der Waals surface area contributed by atoms with Gasteiger partial charge in [-0.3, -0.25) is 9.59 Å². The summed E-state index contributed by atoms with van der Waals surface area (Å²) in [5.41, 5.74) is -0.364. The molecule has 1 aromatic carbocycles. The van der Waals surface area contributed by atoms with Gasteiger partial charge in [-0.1, -0.05) is 6.07 Å². The van der Waals surface area contributed by atoms with Gasteiger partial charge in [-0.25, -0.2) is 0 Å². The highest BCUT2D eigenvalue weighted by molar-refractivity contribution is 5.99. The predicted octanol–water partition coefficient (Wildman–Crippen LogP) is 2.48. The summed E-state index contributed by atoms with van der Waals surface area (Å²) >= 11 is 0. The minimum atomic E-state index is -1.32. The molecule has 6 heteroatoms. The van der Waals surface area contributed by atoms with Crippen molar-refractivity contribution in [1.29, 1.82) is 0 Å². The molecule has 0 unspecified atom stereocenters. The molecule has 0 atom stereocenters. The van der Waals surface area contributed by atoms with Gasteiger partial charge in [0.15, 0.2) is 16.9 Å². The molecule has 0 radical (unpaired) electrons. The number of aryl methyl sites for hydroxylation is 1. The molecule has 0 fully saturated rings. The Kier molecular flexibility index (Phi) is 5.47. The van der Waals surface area contributed by atoms with Gasteiger partial charge in [-0.2, -0.15) is 0 Å². The summed E-state index contributed by atoms with van der Waals surface area (Å²) in [6, 6.07) is 5.58. The Balaban J connectivity index is 2.11. The predicted molar refractivity (Wildman–Crippen MR) is 82.3 cm³/mol. The van der Waals surface area contributed by atoms with Crippen LogP contribution in [-0.4, -0.2) is 31.9 Å². The third-order valence-corrected chi connectivity index (χ3v) is 3.80. The van der Waals surface area contributed by atoms with Crippen molar-refractivity contribution in [3.05, 3.63) is 23.8 Å². The Morgan fingerprint density at radius 2 is 1.70 bits per heavy atom. The van der Waals surface area contributed by atoms with Gasteiger partial charge in [0.2, 0.25) is 6.79 Å². The third-order valence-electron chi connectivity index (χ3n) is 3.80. The summed E-state index contributed by atoms with van der Waals surface area (Å²) in [5.74, 6) is 0.266. The lowest BCUT2D eigenvalue weighted by Gasteiger charge is -2.25. The van der Waals surface area contributed by atoms with Crippen LogP contribution in [0.5, 0.6) is 11.5 Å². The standard InChI is InChI=1S/C17H22O6/c1-4-20-15(18)17(3,16(19)21-5-2)9-8-12-6-7-13-14(10-12)23-11-22-13/h6-7,10H,4-5,8-9,11H2,1-3H3. The molecule has 6 nitrogen and oxygen atoms in total. The minimum Gasteiger partial charge on any atom is -0.465 e. The van der Waals surface area contributed by atoms with Crippen LogP contribution in [-0.2, 0) is 25.5 Å². The van der Waals surface area contributed by atoms with Gasteiger partial charge in [0.05, 0.1) is 13.2 Å². The van der Waals surface area contributed by atoms with Crippen molar-refractivity contribution >= 4 is 11.9 Å². The number of benzene rings is 1. The minimum absolute atomic E-state index is 0.210. The van der Waals surface area contributed by atoms with Gasteiger partial charge in [-0.05, 0) is 51.3 Å². The zero-order valence-corrected chi connectivity index (χ0v) is 13.7. The van der Waals surface area contributed by atoms with Crippen molar-refractivity contribution in [2.75, 3.05) is 20.0 Å². The van der Waals surface area contributed by atoms with Gasteiger partial charge in [0.1, 0.15) is 0 Å². The van der Waals surface area contributed by atoms with Crippen LogP contribution < -0.4 is 9.47 Å². The largest absolute Gasteiger partial charge is 0.465 e. The van der Waals surface area contributed by atoms with Crippen LogP contribution in [0.3, 0.4) is 0 Å². The average Bonchev–Trinajstić information content (AvgIpc) is 3.00. The van der Waals surface area contributed by atoms with E-state index in [1.807, 2.05) is 18.2 Å². The van der Waals surface area contributed by atoms with Gasteiger partial charge >= 0.3 is 11.9 Å². The van der Waals surface area contributed by atoms with Crippen LogP contribution in [0.25, 0.3) is 0 Å². The normalized spacial score (nSPS) is 12.8. The number of carbonyl (C=O) groups is 2. The molecule has 0 bridgehead atoms. The summed E-state index contributed by atoms with van der Waals surface area (Å²) in [7, 11) is 0. The summed E-state index contributed by atoms with van der Waals surface area (Å²) in [4.78, 5) is 24.4. The first-order valence-corrected chi connectivity index (χ1v) is 7.74. The van der Waals surface area contributed by atoms with Crippen molar-refractivity contribution in [2.24, 2.45) is 5.41 Å². The Hall–Kier alpha value is -2.24. The zero-order chi connectivity index (χ0) is 16.9. The Bertz CT molecular complexity index is 562. The molecule has 126 valence electrons. The van der Waals surface area contributed by atoms with Crippen LogP contribution >= 0.6 is 0 Å². The average molecular weight is 322 g/mol. The summed E-state index contributed by atoms with van der Waals surface area (Å²) in [6.45, 7) is 5.64. The molecule has 1 aliphatic heterocycles. The molecular weight excluding hydrogens is 300 g/mol. The fraction of sp³-hybridized carbons (Fsp3) is 0.529. The van der Waals surface area contributed by atoms with Gasteiger partial charge < -0.3 is 18.9 Å². The van der Waals surface area contributed by atoms with E-state index in [0.717, 1.165) is 5.56 Å². The fourth-order valence-electron chi connectivity index (χ4n) is 2.36. The van der Waals surface area contributed by atoms with E-state index >= 15 is 0 Å². The molecular formula is C17H22O6. The molecule has 0 N–H and O–H groups in total. The van der Waals surface area contributed by atoms with Crippen molar-refractivity contribution in [2.45, 2.75) is 33.6 Å². The lowest BCUT2D eigenvalue weighted by molar-refractivity contribution is -0.171. The van der Waals surface area contributed by atoms with Gasteiger partial charge in [0.25, 0.3) is 0 Å². The highest BCUT2D eigenvalue weighted by Crippen LogP contribution is 2.34. The van der Waals surface area contributed by atoms with Crippen LogP contribution in [0.15, 0.2) is 18.2 Å². The molecule has 1 heterocycles. The summed E-state index contributed by atoms with van der Waals surface area (Å²) in [6.07, 6.45) is 0.815. The number of ether oxygens (including phenoxy) is 4. The van der Waals surface area contributed by atoms with Crippen LogP contribution in [0, 0.1) is 5.41 Å². The van der Waals surface area contributed by atoms with E-state index in [4.69, 9.17) is 18.9 Å². The van der Waals surface area contributed by atoms with E-state index in [1.54, 1.807) is 20.8 Å². The molecule has 0 spiro atoms. The molecule has 0 amide bonds. The quantitative estimate of drug-likeness (QED) is 0.567. The van der Waals surface area contributed by atoms with E-state index < -0.39 is 17.4 Å². The second-order valence-corrected chi connectivity index (χ2v) is 5.46. The maximum absolute atomic E-state index is 12.2. The van der Waals surface area contributed by atoms with E-state index in [0.29, 0.717) is 24.3 Å². The Labute approximate surface area is 135 Å². The number of esters is 2. The lowest BCUT2D eigenvalue weighted by atomic mass is 9.84. The first-order valence-electron chi connectivity index (χ1n) is 7.74. The van der Waals surface area contributed by atoms with E-state index in [1.165, 1.54) is 0 Å². The first-order chi connectivity index (χ1) is 11.0. The maximum atomic E-state index is 12.2. The van der Waals surface area contributed by atoms with Crippen molar-refractivity contribution in [3.63, 3.8) is 0 Å². The van der Waals surface area contributed by atoms with Crippen LogP contribution in [0.4, 0.5) is 0 Å². The molecule has 0 aliphatic carbocycles. The van der Waals surface area contributed by atoms with E-state index in [9.17, 15) is 9.59 Å². The number of carbonyl (C=O) groups excluding carboxylic acids is 2. The Morgan fingerprint density at radius 1 is 1.09 bits per heavy atom. The topological polar surface area (TPSA) is 71.1 Å². The molecule has 0 saturated carbocycles. The smallest absolute Gasteiger partial charge is 0.323 e. The molecule has 0 saturated heterocycles. The second kappa shape index (κ2) is 7.35. The maximum Gasteiger partial charge on any atom is 0.323 e. The monoisotopic (exact) mass is 322 g/mol. The SMILES string of the molecule is CCOC(=O)C(C)(CCc1ccc2c(c1)OCO2)C(=O)OCC. The number of hydrogen-bond acceptors (Lipinski definition) is 6. The number of hydrogen-bond donors (Lipinski definition) is 0. The summed E-state index contributed by atoms with van der Waals surface area (Å²) < 4.78 is 20.7. The second-order valence-electron chi connectivity index (χ2n) is 5.46. The molecule has 23 heavy (non-hydrogen) atoms. The van der Waals surface area contributed by atoms with Crippen molar-refractivity contribution in [3.8, 4) is 11.5 Å². The zero-order valence-electron chi connectivity index (χ0n) is 13.7. The summed E-state index contributed by atoms with van der Waals surface area (Å²) in [5, 5.41) is 0. The van der Waals surface area contributed by atoms with Gasteiger partial charge in [0, 0.05) is 0 Å². The Morgan fingerprint density at radius 3 is 2.30 bits per heavy atom. The molecule has 1 aromatic rings. The number of fused-ring (bicyclic) bond motifs is 1. The first kappa shape index (κ1) is 17.1. The molecule has 2 rings (SSSR count).